The van der Waals surface area contributed by atoms with Gasteiger partial charge in [-0.15, -0.1) is 11.8 Å². The Labute approximate surface area is 65.5 Å². The van der Waals surface area contributed by atoms with Gasteiger partial charge in [0.05, 0.1) is 11.6 Å². The highest BCUT2D eigenvalue weighted by molar-refractivity contribution is 8.12. The van der Waals surface area contributed by atoms with E-state index in [1.54, 1.807) is 0 Å². The largest absolute Gasteiger partial charge is 0.312 e. The van der Waals surface area contributed by atoms with Gasteiger partial charge in [-0.3, -0.25) is 4.99 Å². The lowest BCUT2D eigenvalue weighted by molar-refractivity contribution is 0.617. The summed E-state index contributed by atoms with van der Waals surface area (Å²) in [7, 11) is 0. The van der Waals surface area contributed by atoms with Gasteiger partial charge in [-0.2, -0.15) is 0 Å². The first-order chi connectivity index (χ1) is 4.95. The van der Waals surface area contributed by atoms with Gasteiger partial charge >= 0.3 is 0 Å². The summed E-state index contributed by atoms with van der Waals surface area (Å²) in [5.74, 6) is 1.18. The highest BCUT2D eigenvalue weighted by Crippen LogP contribution is 2.19. The van der Waals surface area contributed by atoms with Crippen LogP contribution >= 0.6 is 11.8 Å². The van der Waals surface area contributed by atoms with E-state index in [4.69, 9.17) is 0 Å². The van der Waals surface area contributed by atoms with Crippen LogP contribution in [-0.2, 0) is 0 Å². The average molecular weight is 156 g/mol. The van der Waals surface area contributed by atoms with Crippen LogP contribution in [0, 0.1) is 0 Å². The molecule has 1 aliphatic carbocycles. The van der Waals surface area contributed by atoms with Crippen molar-refractivity contribution in [3.05, 3.63) is 0 Å². The molecule has 0 spiro atoms. The molecule has 0 radical (unpaired) electrons. The molecule has 0 aromatic rings. The van der Waals surface area contributed by atoms with E-state index in [1.807, 2.05) is 17.3 Å². The molecule has 56 valence electrons. The molecule has 1 atom stereocenters. The van der Waals surface area contributed by atoms with Crippen molar-refractivity contribution in [2.75, 3.05) is 12.3 Å². The SMILES string of the molecule is C1=NC(CNC2CC2)CS1. The van der Waals surface area contributed by atoms with Gasteiger partial charge in [-0.05, 0) is 12.8 Å². The Morgan fingerprint density at radius 2 is 2.50 bits per heavy atom. The zero-order valence-electron chi connectivity index (χ0n) is 5.92. The Bertz CT molecular complexity index is 143. The fourth-order valence-corrected chi connectivity index (χ4v) is 1.80. The number of hydrogen-bond acceptors (Lipinski definition) is 3. The minimum Gasteiger partial charge on any atom is -0.312 e. The Hall–Kier alpha value is -0.0200. The summed E-state index contributed by atoms with van der Waals surface area (Å²) in [6, 6.07) is 1.39. The maximum absolute atomic E-state index is 4.31. The molecule has 1 aliphatic heterocycles. The fourth-order valence-electron chi connectivity index (χ4n) is 1.03. The standard InChI is InChI=1S/C7H12N2S/c1-2-6(1)8-3-7-4-10-5-9-7/h5-8H,1-4H2. The minimum atomic E-state index is 0.561. The van der Waals surface area contributed by atoms with Gasteiger partial charge in [0.2, 0.25) is 0 Å². The highest BCUT2D eigenvalue weighted by atomic mass is 32.2. The van der Waals surface area contributed by atoms with Gasteiger partial charge in [-0.1, -0.05) is 0 Å². The van der Waals surface area contributed by atoms with E-state index in [0.29, 0.717) is 6.04 Å². The number of rotatable bonds is 3. The normalized spacial score (nSPS) is 31.4. The van der Waals surface area contributed by atoms with Crippen LogP contribution < -0.4 is 5.32 Å². The molecule has 1 heterocycles. The monoisotopic (exact) mass is 156 g/mol. The highest BCUT2D eigenvalue weighted by Gasteiger charge is 2.22. The molecule has 1 N–H and O–H groups in total. The molecule has 0 amide bonds. The summed E-state index contributed by atoms with van der Waals surface area (Å²) in [6.07, 6.45) is 2.76. The predicted octanol–water partition coefficient (Wildman–Crippen LogP) is 0.882. The van der Waals surface area contributed by atoms with Crippen LogP contribution in [0.2, 0.25) is 0 Å². The summed E-state index contributed by atoms with van der Waals surface area (Å²) in [5.41, 5.74) is 1.97. The van der Waals surface area contributed by atoms with E-state index in [0.717, 1.165) is 12.6 Å². The van der Waals surface area contributed by atoms with Crippen molar-refractivity contribution in [1.29, 1.82) is 0 Å². The second kappa shape index (κ2) is 2.93. The number of aliphatic imine (C=N–C) groups is 1. The maximum Gasteiger partial charge on any atom is 0.0724 e. The summed E-state index contributed by atoms with van der Waals surface area (Å²) < 4.78 is 0. The van der Waals surface area contributed by atoms with Crippen LogP contribution in [-0.4, -0.2) is 29.9 Å². The topological polar surface area (TPSA) is 24.4 Å². The van der Waals surface area contributed by atoms with Crippen molar-refractivity contribution in [3.63, 3.8) is 0 Å². The quantitative estimate of drug-likeness (QED) is 0.656. The Morgan fingerprint density at radius 1 is 1.60 bits per heavy atom. The molecule has 0 saturated heterocycles. The lowest BCUT2D eigenvalue weighted by Gasteiger charge is -2.05. The van der Waals surface area contributed by atoms with Crippen LogP contribution in [0.25, 0.3) is 0 Å². The number of hydrogen-bond donors (Lipinski definition) is 1. The number of thioether (sulfide) groups is 1. The molecular weight excluding hydrogens is 144 g/mol. The van der Waals surface area contributed by atoms with E-state index in [2.05, 4.69) is 10.3 Å². The van der Waals surface area contributed by atoms with Crippen LogP contribution in [0.5, 0.6) is 0 Å². The van der Waals surface area contributed by atoms with Crippen molar-refractivity contribution in [1.82, 2.24) is 5.32 Å². The van der Waals surface area contributed by atoms with Crippen molar-refractivity contribution in [2.45, 2.75) is 24.9 Å². The van der Waals surface area contributed by atoms with E-state index in [9.17, 15) is 0 Å². The summed E-state index contributed by atoms with van der Waals surface area (Å²) in [4.78, 5) is 4.31. The molecule has 3 heteroatoms. The van der Waals surface area contributed by atoms with Gasteiger partial charge in [0.25, 0.3) is 0 Å². The third-order valence-electron chi connectivity index (χ3n) is 1.85. The molecule has 1 fully saturated rings. The molecule has 1 saturated carbocycles. The Kier molecular flexibility index (Phi) is 1.95. The molecule has 2 nitrogen and oxygen atoms in total. The Balaban J connectivity index is 1.64. The van der Waals surface area contributed by atoms with Crippen LogP contribution in [0.1, 0.15) is 12.8 Å². The van der Waals surface area contributed by atoms with Gasteiger partial charge < -0.3 is 5.32 Å². The van der Waals surface area contributed by atoms with Gasteiger partial charge in [0.15, 0.2) is 0 Å². The molecule has 0 aromatic carbocycles. The molecule has 0 bridgehead atoms. The zero-order valence-corrected chi connectivity index (χ0v) is 6.73. The van der Waals surface area contributed by atoms with Gasteiger partial charge in [-0.25, -0.2) is 0 Å². The fraction of sp³-hybridized carbons (Fsp3) is 0.857. The molecule has 0 aromatic heterocycles. The first-order valence-corrected chi connectivity index (χ1v) is 4.86. The van der Waals surface area contributed by atoms with Crippen LogP contribution in [0.4, 0.5) is 0 Å². The van der Waals surface area contributed by atoms with Crippen LogP contribution in [0.15, 0.2) is 4.99 Å². The summed E-state index contributed by atoms with van der Waals surface area (Å²) in [5, 5.41) is 3.47. The summed E-state index contributed by atoms with van der Waals surface area (Å²) in [6.45, 7) is 1.09. The lowest BCUT2D eigenvalue weighted by Crippen LogP contribution is -2.27. The van der Waals surface area contributed by atoms with E-state index in [-0.39, 0.29) is 0 Å². The number of nitrogens with zero attached hydrogens (tertiary/aromatic N) is 1. The third kappa shape index (κ3) is 1.73. The van der Waals surface area contributed by atoms with Crippen molar-refractivity contribution in [2.24, 2.45) is 4.99 Å². The third-order valence-corrected chi connectivity index (χ3v) is 2.70. The predicted molar refractivity (Wildman–Crippen MR) is 45.8 cm³/mol. The average Bonchev–Trinajstić information content (AvgIpc) is 2.63. The first kappa shape index (κ1) is 6.68. The van der Waals surface area contributed by atoms with E-state index < -0.39 is 0 Å². The lowest BCUT2D eigenvalue weighted by atomic mass is 10.3. The zero-order chi connectivity index (χ0) is 6.81. The first-order valence-electron chi connectivity index (χ1n) is 3.82. The molecular formula is C7H12N2S. The van der Waals surface area contributed by atoms with Gasteiger partial charge in [0.1, 0.15) is 0 Å². The Morgan fingerprint density at radius 3 is 3.10 bits per heavy atom. The molecule has 1 unspecified atom stereocenters. The second-order valence-electron chi connectivity index (χ2n) is 2.92. The van der Waals surface area contributed by atoms with E-state index >= 15 is 0 Å². The van der Waals surface area contributed by atoms with Crippen molar-refractivity contribution < 1.29 is 0 Å². The smallest absolute Gasteiger partial charge is 0.0724 e. The second-order valence-corrected chi connectivity index (χ2v) is 3.80. The number of nitrogens with one attached hydrogen (secondary N) is 1. The van der Waals surface area contributed by atoms with Crippen molar-refractivity contribution in [3.8, 4) is 0 Å². The molecule has 2 rings (SSSR count). The van der Waals surface area contributed by atoms with E-state index in [1.165, 1.54) is 18.6 Å². The van der Waals surface area contributed by atoms with Crippen molar-refractivity contribution >= 4 is 17.3 Å². The summed E-state index contributed by atoms with van der Waals surface area (Å²) >= 11 is 1.82. The van der Waals surface area contributed by atoms with Gasteiger partial charge in [0, 0.05) is 18.3 Å². The molecule has 10 heavy (non-hydrogen) atoms. The molecule has 2 aliphatic rings. The minimum absolute atomic E-state index is 0.561. The maximum atomic E-state index is 4.31. The van der Waals surface area contributed by atoms with Crippen LogP contribution in [0.3, 0.4) is 0 Å².